The van der Waals surface area contributed by atoms with Crippen molar-refractivity contribution in [2.45, 2.75) is 84.0 Å². The Bertz CT molecular complexity index is 1730. The number of aryl methyl sites for hydroxylation is 1. The summed E-state index contributed by atoms with van der Waals surface area (Å²) in [5.41, 5.74) is 0.0474. The van der Waals surface area contributed by atoms with Crippen LogP contribution in [0.1, 0.15) is 87.9 Å². The molecule has 1 aliphatic carbocycles. The molecule has 0 saturated heterocycles. The summed E-state index contributed by atoms with van der Waals surface area (Å²) in [4.78, 5) is 36.4. The largest absolute Gasteiger partial charge is 0.496 e. The molecule has 0 aliphatic heterocycles. The molecule has 2 N–H and O–H groups in total. The minimum atomic E-state index is -4.65. The number of nitrogens with zero attached hydrogens (tertiary/aromatic N) is 3. The molecule has 1 atom stereocenters. The molecule has 2 amide bonds. The van der Waals surface area contributed by atoms with Crippen molar-refractivity contribution in [2.75, 3.05) is 44.5 Å². The van der Waals surface area contributed by atoms with Crippen LogP contribution in [0.15, 0.2) is 30.3 Å². The van der Waals surface area contributed by atoms with Crippen LogP contribution in [0.3, 0.4) is 0 Å². The SMILES string of the molecule is C#CCOCCN(C)C(=O)C1CCC(c2cc3c(N[C@H](C)c4cc(NC(=O)OC(C)(C)C)cc(C(F)(F)F)c4)nc(C)nc3cc2OC)CC1. The lowest BCUT2D eigenvalue weighted by molar-refractivity contribution is -0.137. The molecule has 1 aliphatic rings. The molecule has 0 spiro atoms. The lowest BCUT2D eigenvalue weighted by Gasteiger charge is -2.31. The summed E-state index contributed by atoms with van der Waals surface area (Å²) in [5.74, 6) is 4.09. The molecule has 3 aromatic rings. The minimum absolute atomic E-state index is 0.0500. The summed E-state index contributed by atoms with van der Waals surface area (Å²) in [6, 6.07) is 6.57. The number of terminal acetylenes is 1. The second-order valence-corrected chi connectivity index (χ2v) is 13.6. The number of fused-ring (bicyclic) bond motifs is 1. The van der Waals surface area contributed by atoms with Crippen LogP contribution in [0.25, 0.3) is 10.9 Å². The number of halogens is 3. The van der Waals surface area contributed by atoms with Crippen LogP contribution < -0.4 is 15.4 Å². The van der Waals surface area contributed by atoms with Crippen LogP contribution in [-0.2, 0) is 20.4 Å². The van der Waals surface area contributed by atoms with Crippen molar-refractivity contribution in [3.63, 3.8) is 0 Å². The van der Waals surface area contributed by atoms with E-state index in [0.717, 1.165) is 30.5 Å². The third kappa shape index (κ3) is 10.00. The van der Waals surface area contributed by atoms with Crippen molar-refractivity contribution in [1.82, 2.24) is 14.9 Å². The van der Waals surface area contributed by atoms with Gasteiger partial charge in [0.1, 0.15) is 29.6 Å². The first-order valence-electron chi connectivity index (χ1n) is 16.6. The van der Waals surface area contributed by atoms with Crippen LogP contribution in [0.4, 0.5) is 29.5 Å². The van der Waals surface area contributed by atoms with E-state index in [4.69, 9.17) is 20.6 Å². The Morgan fingerprint density at radius 3 is 2.40 bits per heavy atom. The number of methoxy groups -OCH3 is 1. The number of alkyl halides is 3. The van der Waals surface area contributed by atoms with Crippen molar-refractivity contribution in [1.29, 1.82) is 0 Å². The lowest BCUT2D eigenvalue weighted by atomic mass is 9.77. The average molecular weight is 698 g/mol. The van der Waals surface area contributed by atoms with Crippen LogP contribution in [0.5, 0.6) is 5.75 Å². The Kier molecular flexibility index (Phi) is 12.2. The summed E-state index contributed by atoms with van der Waals surface area (Å²) in [7, 11) is 3.37. The molecule has 10 nitrogen and oxygen atoms in total. The Labute approximate surface area is 291 Å². The fraction of sp³-hybridized carbons (Fsp3) is 0.514. The third-order valence-electron chi connectivity index (χ3n) is 8.59. The summed E-state index contributed by atoms with van der Waals surface area (Å²) < 4.78 is 58.2. The van der Waals surface area contributed by atoms with Crippen LogP contribution in [0, 0.1) is 25.2 Å². The van der Waals surface area contributed by atoms with E-state index in [-0.39, 0.29) is 35.6 Å². The van der Waals surface area contributed by atoms with E-state index >= 15 is 0 Å². The number of hydrogen-bond donors (Lipinski definition) is 2. The molecular weight excluding hydrogens is 651 g/mol. The highest BCUT2D eigenvalue weighted by molar-refractivity contribution is 5.91. The molecule has 1 aromatic heterocycles. The number of carbonyl (C=O) groups is 2. The smallest absolute Gasteiger partial charge is 0.416 e. The number of rotatable bonds is 11. The number of amides is 2. The maximum atomic E-state index is 14.0. The first-order valence-corrected chi connectivity index (χ1v) is 16.6. The van der Waals surface area contributed by atoms with Gasteiger partial charge in [-0.15, -0.1) is 6.42 Å². The van der Waals surface area contributed by atoms with Crippen molar-refractivity contribution >= 4 is 34.4 Å². The van der Waals surface area contributed by atoms with Crippen LogP contribution in [-0.4, -0.2) is 66.4 Å². The van der Waals surface area contributed by atoms with Gasteiger partial charge >= 0.3 is 12.3 Å². The number of aromatic nitrogens is 2. The van der Waals surface area contributed by atoms with Gasteiger partial charge in [-0.1, -0.05) is 5.92 Å². The van der Waals surface area contributed by atoms with Gasteiger partial charge in [-0.25, -0.2) is 14.8 Å². The first kappa shape index (κ1) is 38.2. The Morgan fingerprint density at radius 2 is 1.78 bits per heavy atom. The van der Waals surface area contributed by atoms with Crippen LogP contribution in [0.2, 0.25) is 0 Å². The fourth-order valence-electron chi connectivity index (χ4n) is 6.15. The van der Waals surface area contributed by atoms with E-state index in [0.29, 0.717) is 54.3 Å². The Hall–Kier alpha value is -4.57. The summed E-state index contributed by atoms with van der Waals surface area (Å²) in [6.07, 6.45) is 2.66. The van der Waals surface area contributed by atoms with E-state index in [9.17, 15) is 22.8 Å². The van der Waals surface area contributed by atoms with Gasteiger partial charge in [-0.2, -0.15) is 13.2 Å². The lowest BCUT2D eigenvalue weighted by Crippen LogP contribution is -2.36. The number of ether oxygens (including phenoxy) is 3. The molecular formula is C37H46F3N5O5. The maximum Gasteiger partial charge on any atom is 0.416 e. The highest BCUT2D eigenvalue weighted by Gasteiger charge is 2.33. The van der Waals surface area contributed by atoms with Gasteiger partial charge in [0.25, 0.3) is 0 Å². The number of anilines is 2. The monoisotopic (exact) mass is 697 g/mol. The second-order valence-electron chi connectivity index (χ2n) is 13.6. The molecule has 2 aromatic carbocycles. The van der Waals surface area contributed by atoms with Gasteiger partial charge in [0.15, 0.2) is 0 Å². The van der Waals surface area contributed by atoms with Gasteiger partial charge in [-0.3, -0.25) is 10.1 Å². The highest BCUT2D eigenvalue weighted by atomic mass is 19.4. The Morgan fingerprint density at radius 1 is 1.08 bits per heavy atom. The van der Waals surface area contributed by atoms with Crippen LogP contribution >= 0.6 is 0 Å². The van der Waals surface area contributed by atoms with E-state index in [1.807, 2.05) is 12.1 Å². The predicted octanol–water partition coefficient (Wildman–Crippen LogP) is 7.87. The molecule has 270 valence electrons. The van der Waals surface area contributed by atoms with Gasteiger partial charge in [0.05, 0.1) is 30.8 Å². The number of benzene rings is 2. The first-order chi connectivity index (χ1) is 23.5. The van der Waals surface area contributed by atoms with Crippen molar-refractivity contribution in [3.8, 4) is 18.1 Å². The topological polar surface area (TPSA) is 115 Å². The molecule has 1 fully saturated rings. The minimum Gasteiger partial charge on any atom is -0.496 e. The zero-order valence-electron chi connectivity index (χ0n) is 29.7. The van der Waals surface area contributed by atoms with Gasteiger partial charge < -0.3 is 24.4 Å². The molecule has 4 rings (SSSR count). The molecule has 0 radical (unpaired) electrons. The molecule has 50 heavy (non-hydrogen) atoms. The molecule has 0 bridgehead atoms. The highest BCUT2D eigenvalue weighted by Crippen LogP contribution is 2.43. The number of likely N-dealkylation sites (N-methyl/N-ethyl adjacent to an activating group) is 1. The van der Waals surface area contributed by atoms with Crippen molar-refractivity contribution in [3.05, 3.63) is 52.8 Å². The third-order valence-corrected chi connectivity index (χ3v) is 8.59. The van der Waals surface area contributed by atoms with Crippen molar-refractivity contribution in [2.24, 2.45) is 5.92 Å². The average Bonchev–Trinajstić information content (AvgIpc) is 3.04. The summed E-state index contributed by atoms with van der Waals surface area (Å²) >= 11 is 0. The van der Waals surface area contributed by atoms with Gasteiger partial charge in [0, 0.05) is 36.7 Å². The second kappa shape index (κ2) is 16.0. The summed E-state index contributed by atoms with van der Waals surface area (Å²) in [6.45, 7) is 9.51. The Balaban J connectivity index is 1.59. The quantitative estimate of drug-likeness (QED) is 0.154. The van der Waals surface area contributed by atoms with E-state index in [2.05, 4.69) is 26.5 Å². The summed E-state index contributed by atoms with van der Waals surface area (Å²) in [5, 5.41) is 6.40. The van der Waals surface area contributed by atoms with E-state index in [1.54, 1.807) is 53.7 Å². The zero-order valence-corrected chi connectivity index (χ0v) is 29.7. The van der Waals surface area contributed by atoms with Crippen molar-refractivity contribution < 1.29 is 37.0 Å². The number of nitrogens with one attached hydrogen (secondary N) is 2. The molecule has 1 heterocycles. The standard InChI is InChI=1S/C37H46F3N5O5/c1-9-15-49-16-14-45(7)34(46)25-12-10-24(11-13-25)29-20-30-31(21-32(29)48-8)42-23(3)43-33(30)41-22(2)26-17-27(37(38,39)40)19-28(18-26)44-35(47)50-36(4,5)6/h1,17-22,24-25H,10-16H2,2-8H3,(H,44,47)(H,41,42,43)/t22-,24?,25?/m1/s1. The predicted molar refractivity (Wildman–Crippen MR) is 186 cm³/mol. The van der Waals surface area contributed by atoms with E-state index < -0.39 is 29.5 Å². The molecule has 13 heteroatoms. The number of hydrogen-bond acceptors (Lipinski definition) is 8. The number of carbonyl (C=O) groups excluding carboxylic acids is 2. The van der Waals surface area contributed by atoms with Gasteiger partial charge in [0.2, 0.25) is 5.91 Å². The molecule has 0 unspecified atom stereocenters. The maximum absolute atomic E-state index is 14.0. The fourth-order valence-corrected chi connectivity index (χ4v) is 6.15. The normalized spacial score (nSPS) is 17.1. The zero-order chi connectivity index (χ0) is 36.8. The van der Waals surface area contributed by atoms with Gasteiger partial charge in [-0.05, 0) is 102 Å². The molecule has 1 saturated carbocycles. The van der Waals surface area contributed by atoms with E-state index in [1.165, 1.54) is 6.07 Å².